The van der Waals surface area contributed by atoms with Crippen molar-refractivity contribution in [2.75, 3.05) is 68.6 Å². The second-order valence-electron chi connectivity index (χ2n) is 21.8. The first-order valence-corrected chi connectivity index (χ1v) is 27.2. The van der Waals surface area contributed by atoms with Gasteiger partial charge in [-0.3, -0.25) is 19.3 Å². The summed E-state index contributed by atoms with van der Waals surface area (Å²) >= 11 is 6.20. The highest BCUT2D eigenvalue weighted by atomic mass is 35.5. The molecule has 2 saturated carbocycles. The number of likely N-dealkylation sites (N-methyl/N-ethyl adjacent to an activating group) is 1. The number of carbonyl (C=O) groups is 4. The summed E-state index contributed by atoms with van der Waals surface area (Å²) in [7, 11) is 1.88. The van der Waals surface area contributed by atoms with E-state index in [2.05, 4.69) is 37.2 Å². The third-order valence-corrected chi connectivity index (χ3v) is 16.5. The van der Waals surface area contributed by atoms with Crippen molar-refractivity contribution in [2.24, 2.45) is 23.7 Å². The Morgan fingerprint density at radius 2 is 1.68 bits per heavy atom. The molecule has 7 atom stereocenters. The van der Waals surface area contributed by atoms with Gasteiger partial charge in [-0.2, -0.15) is 17.9 Å². The van der Waals surface area contributed by atoms with Crippen LogP contribution in [0.1, 0.15) is 82.9 Å². The lowest BCUT2D eigenvalue weighted by molar-refractivity contribution is -0.162. The molecule has 3 aliphatic heterocycles. The third-order valence-electron chi connectivity index (χ3n) is 16.2. The number of rotatable bonds is 17. The maximum Gasteiger partial charge on any atom is 0.433 e. The minimum Gasteiger partial charge on any atom is -0.478 e. The number of hydrogen-bond acceptors (Lipinski definition) is 14. The van der Waals surface area contributed by atoms with Crippen LogP contribution in [0.3, 0.4) is 0 Å². The number of carboxylic acid groups (broad SMARTS) is 1. The van der Waals surface area contributed by atoms with Crippen LogP contribution in [0.15, 0.2) is 73.1 Å². The Kier molecular flexibility index (Phi) is 17.1. The van der Waals surface area contributed by atoms with E-state index < -0.39 is 77.5 Å². The van der Waals surface area contributed by atoms with Gasteiger partial charge in [-0.05, 0) is 163 Å². The van der Waals surface area contributed by atoms with Crippen molar-refractivity contribution < 1.29 is 65.9 Å². The standard InChI is InChI=1S/C56H60ClF5N10O9/c1-69-16-17-70(48(74)25-69)44-24-33(20-31-3-2-30(18-31)19-32-21-34(22-32)26-80-28-45-52(76)51(75)42(27-81-45)65-53-41(58)10-12-46(66-53)56(60,61)62)23-39-37(44)14-15-71(50(39)54(77)64-36-6-4-35(5-7-36)55(78)79)47(73)13-8-38-43(72-29-63-67-68-72)11-9-40(57)49(38)59/h4-13,23-24,29-32,34,42,45,50-52,75-76H,2-3,14-22,25-28H2,1H3,(H,64,77)(H,65,66)(H,78,79)/b13-8+/t30?,31?,32?,34?,42-,45+,50-,51+,52-/m0/s1. The smallest absolute Gasteiger partial charge is 0.433 e. The van der Waals surface area contributed by atoms with Crippen LogP contribution in [0.5, 0.6) is 0 Å². The summed E-state index contributed by atoms with van der Waals surface area (Å²) in [5.74, 6) is -3.55. The molecule has 5 heterocycles. The van der Waals surface area contributed by atoms with Crippen molar-refractivity contribution in [2.45, 2.75) is 87.9 Å². The normalized spacial score (nSPS) is 25.2. The number of fused-ring (bicyclic) bond motifs is 1. The van der Waals surface area contributed by atoms with Crippen molar-refractivity contribution in [1.82, 2.24) is 35.0 Å². The van der Waals surface area contributed by atoms with Crippen molar-refractivity contribution in [1.29, 1.82) is 0 Å². The Hall–Kier alpha value is -6.96. The van der Waals surface area contributed by atoms with Crippen LogP contribution in [0.25, 0.3) is 11.8 Å². The molecule has 0 radical (unpaired) electrons. The highest BCUT2D eigenvalue weighted by Crippen LogP contribution is 2.46. The molecule has 3 amide bonds. The Balaban J connectivity index is 0.806. The summed E-state index contributed by atoms with van der Waals surface area (Å²) in [4.78, 5) is 63.4. The Morgan fingerprint density at radius 3 is 2.41 bits per heavy atom. The quantitative estimate of drug-likeness (QED) is 0.0478. The van der Waals surface area contributed by atoms with E-state index in [0.29, 0.717) is 67.0 Å². The van der Waals surface area contributed by atoms with E-state index in [4.69, 9.17) is 21.1 Å². The lowest BCUT2D eigenvalue weighted by Gasteiger charge is -2.40. The number of anilines is 3. The predicted octanol–water partition coefficient (Wildman–Crippen LogP) is 6.76. The number of aliphatic hydroxyl groups excluding tert-OH is 2. The number of piperazine rings is 1. The van der Waals surface area contributed by atoms with Crippen LogP contribution in [0.4, 0.5) is 39.1 Å². The van der Waals surface area contributed by atoms with E-state index >= 15 is 4.39 Å². The summed E-state index contributed by atoms with van der Waals surface area (Å²) < 4.78 is 82.5. The molecule has 5 aromatic rings. The number of tetrazole rings is 1. The number of amides is 3. The Bertz CT molecular complexity index is 3170. The number of alkyl halides is 3. The molecule has 2 unspecified atom stereocenters. The first-order chi connectivity index (χ1) is 38.8. The second kappa shape index (κ2) is 24.2. The highest BCUT2D eigenvalue weighted by molar-refractivity contribution is 6.31. The largest absolute Gasteiger partial charge is 0.478 e. The number of carboxylic acids is 1. The summed E-state index contributed by atoms with van der Waals surface area (Å²) in [5.41, 5.74) is 1.99. The van der Waals surface area contributed by atoms with Crippen molar-refractivity contribution in [3.05, 3.63) is 123 Å². The number of pyridine rings is 1. The molecule has 25 heteroatoms. The van der Waals surface area contributed by atoms with Crippen molar-refractivity contribution in [3.63, 3.8) is 0 Å². The molecule has 2 aliphatic carbocycles. The topological polar surface area (TPSA) is 238 Å². The minimum absolute atomic E-state index is 0.0114. The molecule has 3 aromatic carbocycles. The third kappa shape index (κ3) is 12.9. The van der Waals surface area contributed by atoms with Gasteiger partial charge in [0.1, 0.15) is 36.4 Å². The summed E-state index contributed by atoms with van der Waals surface area (Å²) in [6.07, 6.45) is 1.79. The molecule has 2 aromatic heterocycles. The molecule has 0 spiro atoms. The number of halogens is 6. The highest BCUT2D eigenvalue weighted by Gasteiger charge is 2.42. The molecule has 0 bridgehead atoms. The van der Waals surface area contributed by atoms with Gasteiger partial charge in [0.25, 0.3) is 5.91 Å². The van der Waals surface area contributed by atoms with Crippen LogP contribution >= 0.6 is 11.6 Å². The number of nitrogens with one attached hydrogen (secondary N) is 2. The van der Waals surface area contributed by atoms with Gasteiger partial charge in [0, 0.05) is 49.3 Å². The molecular weight excluding hydrogens is 1090 g/mol. The minimum atomic E-state index is -4.81. The molecular formula is C56H60ClF5N10O9. The molecule has 2 saturated heterocycles. The molecule has 5 aliphatic rings. The first kappa shape index (κ1) is 57.3. The summed E-state index contributed by atoms with van der Waals surface area (Å²) in [5, 5.41) is 47.4. The number of nitrogens with zero attached hydrogens (tertiary/aromatic N) is 8. The van der Waals surface area contributed by atoms with Gasteiger partial charge in [-0.15, -0.1) is 5.10 Å². The maximum atomic E-state index is 15.7. The number of ether oxygens (including phenoxy) is 2. The fourth-order valence-corrected chi connectivity index (χ4v) is 12.2. The van der Waals surface area contributed by atoms with Crippen LogP contribution in [0, 0.1) is 35.3 Å². The molecule has 19 nitrogen and oxygen atoms in total. The van der Waals surface area contributed by atoms with Gasteiger partial charge in [-0.25, -0.2) is 18.6 Å². The van der Waals surface area contributed by atoms with E-state index in [1.54, 1.807) is 4.90 Å². The summed E-state index contributed by atoms with van der Waals surface area (Å²) in [6, 6.07) is 11.3. The molecule has 5 N–H and O–H groups in total. The fraction of sp³-hybridized carbons (Fsp3) is 0.464. The van der Waals surface area contributed by atoms with Crippen LogP contribution in [0.2, 0.25) is 5.02 Å². The fourth-order valence-electron chi connectivity index (χ4n) is 12.0. The second-order valence-corrected chi connectivity index (χ2v) is 22.2. The zero-order chi connectivity index (χ0) is 57.3. The van der Waals surface area contributed by atoms with Gasteiger partial charge in [-0.1, -0.05) is 24.1 Å². The first-order valence-electron chi connectivity index (χ1n) is 26.8. The molecule has 10 rings (SSSR count). The zero-order valence-corrected chi connectivity index (χ0v) is 44.7. The van der Waals surface area contributed by atoms with Crippen LogP contribution in [-0.2, 0) is 42.9 Å². The molecule has 430 valence electrons. The van der Waals surface area contributed by atoms with E-state index in [1.165, 1.54) is 64.5 Å². The van der Waals surface area contributed by atoms with Gasteiger partial charge >= 0.3 is 12.1 Å². The molecule has 81 heavy (non-hydrogen) atoms. The maximum absolute atomic E-state index is 15.7. The number of hydrogen-bond donors (Lipinski definition) is 5. The monoisotopic (exact) mass is 1150 g/mol. The molecule has 4 fully saturated rings. The van der Waals surface area contributed by atoms with Crippen LogP contribution in [-0.4, -0.2) is 151 Å². The zero-order valence-electron chi connectivity index (χ0n) is 43.9. The van der Waals surface area contributed by atoms with Crippen LogP contribution < -0.4 is 15.5 Å². The van der Waals surface area contributed by atoms with E-state index in [-0.39, 0.29) is 72.3 Å². The number of benzene rings is 3. The van der Waals surface area contributed by atoms with Gasteiger partial charge < -0.3 is 45.2 Å². The lowest BCUT2D eigenvalue weighted by Crippen LogP contribution is -2.57. The van der Waals surface area contributed by atoms with Gasteiger partial charge in [0.2, 0.25) is 11.8 Å². The number of aliphatic hydroxyl groups is 2. The van der Waals surface area contributed by atoms with E-state index in [1.807, 2.05) is 18.0 Å². The van der Waals surface area contributed by atoms with E-state index in [9.17, 15) is 52.1 Å². The number of aromatic nitrogens is 5. The summed E-state index contributed by atoms with van der Waals surface area (Å²) in [6.45, 7) is 1.39. The van der Waals surface area contributed by atoms with Crippen molar-refractivity contribution >= 4 is 58.6 Å². The SMILES string of the molecule is CN1CCN(c2cc(CC3CCC(CC4CC(COC[C@H]5OC[C@H](Nc6nc(C(F)(F)F)ccc6F)[C@@H](O)[C@H]5O)C4)C3)cc3c2CCN(C(=O)/C=C/c2c(-n4cnnn4)ccc(Cl)c2F)[C@@H]3C(=O)Nc2ccc(C(=O)O)cc2)C(=O)C1. The lowest BCUT2D eigenvalue weighted by atomic mass is 9.71. The van der Waals surface area contributed by atoms with Gasteiger partial charge in [0.15, 0.2) is 17.5 Å². The van der Waals surface area contributed by atoms with E-state index in [0.717, 1.165) is 49.7 Å². The number of carbonyl (C=O) groups excluding carboxylic acids is 3. The Labute approximate surface area is 467 Å². The van der Waals surface area contributed by atoms with Crippen molar-refractivity contribution in [3.8, 4) is 5.69 Å². The predicted molar refractivity (Wildman–Crippen MR) is 284 cm³/mol. The Morgan fingerprint density at radius 1 is 0.914 bits per heavy atom. The average molecular weight is 1150 g/mol. The average Bonchev–Trinajstić information content (AvgIpc) is 4.19. The van der Waals surface area contributed by atoms with Gasteiger partial charge in [0.05, 0.1) is 42.1 Å². The number of aromatic carboxylic acids is 1.